The molecule has 1 saturated heterocycles. The quantitative estimate of drug-likeness (QED) is 0.798. The van der Waals surface area contributed by atoms with E-state index in [2.05, 4.69) is 20.3 Å². The number of amides is 1. The molecule has 8 nitrogen and oxygen atoms in total. The first-order chi connectivity index (χ1) is 12.5. The second-order valence-corrected chi connectivity index (χ2v) is 6.70. The van der Waals surface area contributed by atoms with Gasteiger partial charge in [0, 0.05) is 25.6 Å². The number of nitrogens with one attached hydrogen (secondary N) is 1. The maximum atomic E-state index is 12.3. The van der Waals surface area contributed by atoms with Crippen LogP contribution < -0.4 is 5.32 Å². The zero-order valence-electron chi connectivity index (χ0n) is 15.7. The Morgan fingerprint density at radius 3 is 2.88 bits per heavy atom. The molecule has 0 saturated carbocycles. The Labute approximate surface area is 153 Å². The summed E-state index contributed by atoms with van der Waals surface area (Å²) in [7, 11) is 0. The van der Waals surface area contributed by atoms with E-state index in [0.29, 0.717) is 39.3 Å². The van der Waals surface area contributed by atoms with Gasteiger partial charge in [-0.3, -0.25) is 9.69 Å². The van der Waals surface area contributed by atoms with Crippen molar-refractivity contribution in [3.05, 3.63) is 35.3 Å². The van der Waals surface area contributed by atoms with Crippen LogP contribution in [0.4, 0.5) is 0 Å². The van der Waals surface area contributed by atoms with E-state index in [-0.39, 0.29) is 11.9 Å². The Hall–Kier alpha value is -2.19. The fourth-order valence-corrected chi connectivity index (χ4v) is 3.22. The van der Waals surface area contributed by atoms with E-state index in [1.54, 1.807) is 0 Å². The fraction of sp³-hybridized carbons (Fsp3) is 0.611. The van der Waals surface area contributed by atoms with Crippen molar-refractivity contribution >= 4 is 5.91 Å². The van der Waals surface area contributed by atoms with E-state index in [1.807, 2.05) is 37.6 Å². The summed E-state index contributed by atoms with van der Waals surface area (Å²) in [4.78, 5) is 18.8. The van der Waals surface area contributed by atoms with Crippen molar-refractivity contribution in [1.29, 1.82) is 0 Å². The number of hydrogen-bond donors (Lipinski definition) is 1. The van der Waals surface area contributed by atoms with E-state index in [1.165, 1.54) is 0 Å². The molecule has 1 amide bonds. The molecule has 0 aromatic carbocycles. The van der Waals surface area contributed by atoms with Gasteiger partial charge >= 0.3 is 0 Å². The van der Waals surface area contributed by atoms with Gasteiger partial charge in [-0.1, -0.05) is 0 Å². The van der Waals surface area contributed by atoms with Gasteiger partial charge in [0.2, 0.25) is 5.91 Å². The van der Waals surface area contributed by atoms with Crippen molar-refractivity contribution in [3.8, 4) is 0 Å². The highest BCUT2D eigenvalue weighted by atomic mass is 16.5. The highest BCUT2D eigenvalue weighted by Gasteiger charge is 2.26. The lowest BCUT2D eigenvalue weighted by Crippen LogP contribution is -2.47. The Bertz CT molecular complexity index is 739. The van der Waals surface area contributed by atoms with Crippen LogP contribution in [0.2, 0.25) is 0 Å². The van der Waals surface area contributed by atoms with E-state index < -0.39 is 0 Å². The Kier molecular flexibility index (Phi) is 6.05. The van der Waals surface area contributed by atoms with Gasteiger partial charge in [-0.05, 0) is 32.9 Å². The molecule has 1 atom stereocenters. The zero-order chi connectivity index (χ0) is 18.5. The predicted octanol–water partition coefficient (Wildman–Crippen LogP) is 1.20. The summed E-state index contributed by atoms with van der Waals surface area (Å²) in [5.74, 6) is 3.46. The molecular formula is C18H27N5O3. The molecule has 1 aliphatic heterocycles. The summed E-state index contributed by atoms with van der Waals surface area (Å²) >= 11 is 0. The third-order valence-electron chi connectivity index (χ3n) is 4.53. The first-order valence-electron chi connectivity index (χ1n) is 9.03. The Morgan fingerprint density at radius 1 is 1.35 bits per heavy atom. The monoisotopic (exact) mass is 361 g/mol. The summed E-state index contributed by atoms with van der Waals surface area (Å²) in [6, 6.07) is 4.01. The van der Waals surface area contributed by atoms with Crippen LogP contribution in [0.25, 0.3) is 0 Å². The van der Waals surface area contributed by atoms with Crippen molar-refractivity contribution in [2.24, 2.45) is 0 Å². The molecule has 2 aromatic rings. The molecule has 0 spiro atoms. The van der Waals surface area contributed by atoms with E-state index in [4.69, 9.17) is 9.15 Å². The highest BCUT2D eigenvalue weighted by molar-refractivity contribution is 5.76. The minimum Gasteiger partial charge on any atom is -0.465 e. The minimum atomic E-state index is 0.0237. The molecule has 26 heavy (non-hydrogen) atoms. The number of ether oxygens (including phenoxy) is 1. The summed E-state index contributed by atoms with van der Waals surface area (Å²) in [6.45, 7) is 9.61. The molecule has 0 radical (unpaired) electrons. The summed E-state index contributed by atoms with van der Waals surface area (Å²) in [6.07, 6.45) is 0.412. The highest BCUT2D eigenvalue weighted by Crippen LogP contribution is 2.16. The van der Waals surface area contributed by atoms with Crippen molar-refractivity contribution in [3.63, 3.8) is 0 Å². The first kappa shape index (κ1) is 18.6. The largest absolute Gasteiger partial charge is 0.465 e. The zero-order valence-corrected chi connectivity index (χ0v) is 15.7. The normalized spacial score (nSPS) is 18.2. The number of rotatable bonds is 7. The molecular weight excluding hydrogens is 334 g/mol. The molecule has 0 unspecified atom stereocenters. The van der Waals surface area contributed by atoms with Crippen LogP contribution in [0.1, 0.15) is 29.6 Å². The van der Waals surface area contributed by atoms with E-state index in [0.717, 1.165) is 29.7 Å². The number of carbonyl (C=O) groups excluding carboxylic acids is 1. The summed E-state index contributed by atoms with van der Waals surface area (Å²) < 4.78 is 13.1. The van der Waals surface area contributed by atoms with Crippen LogP contribution in [0, 0.1) is 20.8 Å². The van der Waals surface area contributed by atoms with Gasteiger partial charge in [0.15, 0.2) is 0 Å². The van der Waals surface area contributed by atoms with Gasteiger partial charge in [-0.15, -0.1) is 0 Å². The van der Waals surface area contributed by atoms with Gasteiger partial charge in [0.25, 0.3) is 0 Å². The lowest BCUT2D eigenvalue weighted by molar-refractivity contribution is -0.124. The number of hydrogen-bond acceptors (Lipinski definition) is 6. The van der Waals surface area contributed by atoms with E-state index in [9.17, 15) is 4.79 Å². The van der Waals surface area contributed by atoms with Crippen molar-refractivity contribution in [2.75, 3.05) is 26.3 Å². The molecule has 3 rings (SSSR count). The van der Waals surface area contributed by atoms with Gasteiger partial charge in [-0.25, -0.2) is 9.67 Å². The van der Waals surface area contributed by atoms with Crippen LogP contribution in [0.3, 0.4) is 0 Å². The molecule has 1 fully saturated rings. The average Bonchev–Trinajstić information content (AvgIpc) is 3.14. The Morgan fingerprint density at radius 2 is 2.19 bits per heavy atom. The minimum absolute atomic E-state index is 0.0237. The molecule has 2 aromatic heterocycles. The lowest BCUT2D eigenvalue weighted by atomic mass is 10.1. The van der Waals surface area contributed by atoms with Crippen molar-refractivity contribution in [2.45, 2.75) is 46.3 Å². The summed E-state index contributed by atoms with van der Waals surface area (Å²) in [5, 5.41) is 7.27. The molecule has 3 heterocycles. The molecule has 8 heteroatoms. The van der Waals surface area contributed by atoms with Crippen LogP contribution in [0.5, 0.6) is 0 Å². The topological polar surface area (TPSA) is 85.4 Å². The fourth-order valence-electron chi connectivity index (χ4n) is 3.22. The first-order valence-corrected chi connectivity index (χ1v) is 9.03. The van der Waals surface area contributed by atoms with Crippen LogP contribution in [0.15, 0.2) is 16.5 Å². The molecule has 1 N–H and O–H groups in total. The third-order valence-corrected chi connectivity index (χ3v) is 4.53. The number of carbonyl (C=O) groups is 1. The number of morpholine rings is 1. The maximum absolute atomic E-state index is 12.3. The molecule has 142 valence electrons. The van der Waals surface area contributed by atoms with Crippen LogP contribution in [-0.4, -0.2) is 57.9 Å². The summed E-state index contributed by atoms with van der Waals surface area (Å²) in [5.41, 5.74) is 0. The molecule has 0 bridgehead atoms. The van der Waals surface area contributed by atoms with Gasteiger partial charge in [0.1, 0.15) is 23.2 Å². The number of furan rings is 1. The second kappa shape index (κ2) is 8.46. The van der Waals surface area contributed by atoms with Gasteiger partial charge in [0.05, 0.1) is 26.3 Å². The van der Waals surface area contributed by atoms with Crippen LogP contribution >= 0.6 is 0 Å². The second-order valence-electron chi connectivity index (χ2n) is 6.70. The average molecular weight is 361 g/mol. The number of nitrogens with zero attached hydrogens (tertiary/aromatic N) is 4. The third kappa shape index (κ3) is 4.92. The smallest absolute Gasteiger partial charge is 0.221 e. The molecule has 0 aliphatic carbocycles. The lowest BCUT2D eigenvalue weighted by Gasteiger charge is -2.34. The number of aryl methyl sites for hydroxylation is 3. The predicted molar refractivity (Wildman–Crippen MR) is 95.6 cm³/mol. The van der Waals surface area contributed by atoms with Gasteiger partial charge in [-0.2, -0.15) is 5.10 Å². The molecule has 1 aliphatic rings. The Balaban J connectivity index is 1.47. The van der Waals surface area contributed by atoms with E-state index >= 15 is 0 Å². The van der Waals surface area contributed by atoms with Crippen molar-refractivity contribution < 1.29 is 13.9 Å². The maximum Gasteiger partial charge on any atom is 0.221 e. The SMILES string of the molecule is Cc1nc(C)n(CCNC(=O)C[C@@H]2COCCN2Cc2ccc(C)o2)n1. The van der Waals surface area contributed by atoms with Crippen LogP contribution in [-0.2, 0) is 22.6 Å². The number of aromatic nitrogens is 3. The standard InChI is InChI=1S/C18H27N5O3/c1-13-4-5-17(26-13)11-22-8-9-25-12-16(22)10-18(24)19-6-7-23-15(3)20-14(2)21-23/h4-5,16H,6-12H2,1-3H3,(H,19,24)/t16-/m1/s1. The van der Waals surface area contributed by atoms with Crippen molar-refractivity contribution in [1.82, 2.24) is 25.0 Å². The van der Waals surface area contributed by atoms with Gasteiger partial charge < -0.3 is 14.5 Å².